The SMILES string of the molecule is [B][10B]C1[10B]([B])C1([10B][B])Cc1ccc(Oc2cc3c4nc5nc(nc6nc(nc7[nH]c(nc([nH]4)c3cc2Oc2ccc(CC3([10B][B])[10B]([B])C3[10B][B])cc2)c2ccccc72)-c2ccccc2-6)-c2ccccc2-5)cc1. The zero-order valence-corrected chi connectivity index (χ0v) is 38.7. The van der Waals surface area contributed by atoms with Gasteiger partial charge in [-0.3, -0.25) is 0 Å². The molecule has 4 atom stereocenters. The normalized spacial score (nSPS) is 19.3. The molecule has 22 heteroatoms. The first-order valence-corrected chi connectivity index (χ1v) is 23.8. The van der Waals surface area contributed by atoms with Crippen LogP contribution in [0.1, 0.15) is 11.1 Å². The lowest BCUT2D eigenvalue weighted by atomic mass is 8.78. The molecule has 0 spiro atoms. The predicted molar refractivity (Wildman–Crippen MR) is 298 cm³/mol. The number of hydrogen-bond acceptors (Lipinski definition) is 8. The molecule has 10 nitrogen and oxygen atoms in total. The molecule has 0 aliphatic carbocycles. The Hall–Kier alpha value is -6.94. The number of nitrogens with one attached hydrogen (secondary N) is 2. The molecule has 72 heavy (non-hydrogen) atoms. The van der Waals surface area contributed by atoms with Gasteiger partial charge < -0.3 is 19.4 Å². The van der Waals surface area contributed by atoms with Crippen molar-refractivity contribution in [3.05, 3.63) is 145 Å². The van der Waals surface area contributed by atoms with E-state index in [0.29, 0.717) is 92.5 Å². The van der Waals surface area contributed by atoms with Crippen LogP contribution in [0.5, 0.6) is 23.0 Å². The van der Waals surface area contributed by atoms with E-state index in [-0.39, 0.29) is 24.6 Å². The van der Waals surface area contributed by atoms with Crippen molar-refractivity contribution in [2.45, 2.75) is 34.7 Å². The Bertz CT molecular complexity index is 3830. The van der Waals surface area contributed by atoms with Gasteiger partial charge in [0.1, 0.15) is 34.1 Å². The van der Waals surface area contributed by atoms with E-state index in [4.69, 9.17) is 85.8 Å². The first kappa shape index (κ1) is 45.0. The second kappa shape index (κ2) is 17.4. The van der Waals surface area contributed by atoms with Crippen molar-refractivity contribution in [1.82, 2.24) is 39.9 Å². The maximum Gasteiger partial charge on any atom is 0.170 e. The largest absolute Gasteiger partial charge is 0.453 e. The summed E-state index contributed by atoms with van der Waals surface area (Å²) in [6.45, 7) is -0.293. The number of aromatic amines is 2. The number of aromatic nitrogens is 8. The van der Waals surface area contributed by atoms with Gasteiger partial charge in [0.05, 0.1) is 27.5 Å². The van der Waals surface area contributed by atoms with Crippen molar-refractivity contribution in [1.29, 1.82) is 0 Å². The molecule has 16 radical (unpaired) electrons. The summed E-state index contributed by atoms with van der Waals surface area (Å²) in [5.41, 5.74) is 7.63. The Kier molecular flexibility index (Phi) is 10.9. The number of fused-ring (bicyclic) bond motifs is 20. The summed E-state index contributed by atoms with van der Waals surface area (Å²) >= 11 is 0. The number of ether oxygens (including phenoxy) is 2. The Morgan fingerprint density at radius 3 is 1.17 bits per heavy atom. The zero-order valence-electron chi connectivity index (χ0n) is 38.7. The number of nitrogens with zero attached hydrogens (tertiary/aromatic N) is 6. The summed E-state index contributed by atoms with van der Waals surface area (Å²) < 4.78 is 13.6. The smallest absolute Gasteiger partial charge is 0.170 e. The predicted octanol–water partition coefficient (Wildman–Crippen LogP) is 7.09. The van der Waals surface area contributed by atoms with Crippen LogP contribution < -0.4 is 9.47 Å². The summed E-state index contributed by atoms with van der Waals surface area (Å²) in [5.74, 6) is 3.99. The second-order valence-corrected chi connectivity index (χ2v) is 19.0. The van der Waals surface area contributed by atoms with Gasteiger partial charge in [0.15, 0.2) is 34.8 Å². The number of hydrogen-bond donors (Lipinski definition) is 2. The molecule has 3 aromatic heterocycles. The minimum absolute atomic E-state index is 0.00175. The highest BCUT2D eigenvalue weighted by Crippen LogP contribution is 2.62. The van der Waals surface area contributed by atoms with Crippen LogP contribution in [-0.2, 0) is 12.8 Å². The van der Waals surface area contributed by atoms with Crippen LogP contribution in [0.3, 0.4) is 0 Å². The molecular weight excluding hydrogens is 870 g/mol. The van der Waals surface area contributed by atoms with Crippen molar-refractivity contribution in [3.63, 3.8) is 0 Å². The molecule has 7 heterocycles. The molecule has 2 fully saturated rings. The van der Waals surface area contributed by atoms with E-state index >= 15 is 0 Å². The molecule has 2 saturated heterocycles. The minimum Gasteiger partial charge on any atom is -0.453 e. The molecule has 8 bridgehead atoms. The Morgan fingerprint density at radius 2 is 0.792 bits per heavy atom. The molecule has 4 aliphatic heterocycles. The highest BCUT2D eigenvalue weighted by molar-refractivity contribution is 7.29. The van der Waals surface area contributed by atoms with E-state index in [1.807, 2.05) is 133 Å². The summed E-state index contributed by atoms with van der Waals surface area (Å²) in [6, 6.07) is 43.4. The molecule has 4 unspecified atom stereocenters. The van der Waals surface area contributed by atoms with Gasteiger partial charge in [0.25, 0.3) is 0 Å². The van der Waals surface area contributed by atoms with E-state index in [1.165, 1.54) is 0 Å². The molecule has 13 rings (SSSR count). The van der Waals surface area contributed by atoms with Crippen molar-refractivity contribution < 1.29 is 9.47 Å². The van der Waals surface area contributed by atoms with Crippen LogP contribution >= 0.6 is 0 Å². The second-order valence-electron chi connectivity index (χ2n) is 19.0. The van der Waals surface area contributed by atoms with Crippen molar-refractivity contribution in [2.24, 2.45) is 0 Å². The Morgan fingerprint density at radius 1 is 0.444 bits per heavy atom. The van der Waals surface area contributed by atoms with Crippen LogP contribution in [0.25, 0.3) is 89.7 Å². The molecule has 9 aromatic rings. The molecule has 6 aromatic carbocycles. The highest BCUT2D eigenvalue weighted by atomic mass is 16.5. The summed E-state index contributed by atoms with van der Waals surface area (Å²) in [7, 11) is 43.6. The van der Waals surface area contributed by atoms with Gasteiger partial charge >= 0.3 is 0 Å². The average molecular weight is 900 g/mol. The van der Waals surface area contributed by atoms with Gasteiger partial charge in [-0.15, -0.1) is 21.9 Å². The van der Waals surface area contributed by atoms with Crippen LogP contribution in [0.4, 0.5) is 0 Å². The fourth-order valence-electron chi connectivity index (χ4n) is 10.8. The van der Waals surface area contributed by atoms with Crippen molar-refractivity contribution in [2.75, 3.05) is 0 Å². The van der Waals surface area contributed by atoms with Gasteiger partial charge in [0, 0.05) is 105 Å². The van der Waals surface area contributed by atoms with Gasteiger partial charge in [-0.2, -0.15) is 0 Å². The summed E-state index contributed by atoms with van der Waals surface area (Å²) in [5, 5.41) is 2.35. The molecular formula is C50H30B12N8O2. The standard InChI is InChI=1S/C50H30B12N8O2/c51-57-47-49(59-53,61(47)55)23-25-13-17-27(18-14-25)71-37-21-35-36(22-38(37)72-28-19-15-26(16-20-28)24-50(60-54)48(58-52)62(50)56)46-69-44-34-12-6-4-10-32(34)42(67-44)65-40-30-8-2-1-7-29(30)39(63-40)64-41-31-9-3-5-11-33(31)43(66-41)68-45(35)70-46/h1-22,47-48H,23-24H2,(H2,63,64,65,66,67,68,69,70)/i57-1,58-1,59-1,60-1,61-1,62-1. The van der Waals surface area contributed by atoms with Crippen molar-refractivity contribution >= 4 is 132 Å². The third-order valence-electron chi connectivity index (χ3n) is 15.0. The zero-order chi connectivity index (χ0) is 48.9. The Labute approximate surface area is 427 Å². The molecule has 318 valence electrons. The molecule has 2 N–H and O–H groups in total. The lowest BCUT2D eigenvalue weighted by Crippen LogP contribution is -2.16. The van der Waals surface area contributed by atoms with Gasteiger partial charge in [-0.05, 0) is 60.4 Å². The van der Waals surface area contributed by atoms with Gasteiger partial charge in [0.2, 0.25) is 0 Å². The molecule has 0 saturated carbocycles. The maximum absolute atomic E-state index is 6.80. The van der Waals surface area contributed by atoms with Crippen LogP contribution in [-0.4, -0.2) is 128 Å². The Balaban J connectivity index is 1.000. The van der Waals surface area contributed by atoms with E-state index < -0.39 is 10.4 Å². The quantitative estimate of drug-likeness (QED) is 0.125. The number of rotatable bonds is 12. The fraction of sp³-hybridized carbons (Fsp3) is 0.120. The van der Waals surface area contributed by atoms with Crippen molar-refractivity contribution in [3.8, 4) is 68.5 Å². The third-order valence-corrected chi connectivity index (χ3v) is 15.0. The summed E-state index contributed by atoms with van der Waals surface area (Å²) in [6.07, 6.45) is 1.27. The van der Waals surface area contributed by atoms with Crippen LogP contribution in [0, 0.1) is 0 Å². The van der Waals surface area contributed by atoms with E-state index in [2.05, 4.69) is 9.97 Å². The summed E-state index contributed by atoms with van der Waals surface area (Å²) in [4.78, 5) is 37.9. The highest BCUT2D eigenvalue weighted by Gasteiger charge is 2.59. The number of H-pyrrole nitrogens is 2. The van der Waals surface area contributed by atoms with Crippen LogP contribution in [0.15, 0.2) is 133 Å². The van der Waals surface area contributed by atoms with Gasteiger partial charge in [-0.1, -0.05) is 97.1 Å². The maximum atomic E-state index is 6.80. The lowest BCUT2D eigenvalue weighted by molar-refractivity contribution is 0.419. The van der Waals surface area contributed by atoms with Crippen LogP contribution in [0.2, 0.25) is 21.9 Å². The monoisotopic (exact) mass is 900 g/mol. The lowest BCUT2D eigenvalue weighted by Gasteiger charge is -2.18. The third kappa shape index (κ3) is 7.33. The van der Waals surface area contributed by atoms with E-state index in [9.17, 15) is 0 Å². The fourth-order valence-corrected chi connectivity index (χ4v) is 10.8. The minimum atomic E-state index is -0.401. The van der Waals surface area contributed by atoms with E-state index in [0.717, 1.165) is 44.2 Å². The first-order valence-electron chi connectivity index (χ1n) is 23.8. The molecule has 0 amide bonds. The topological polar surface area (TPSA) is 127 Å². The first-order chi connectivity index (χ1) is 35.2. The number of benzene rings is 6. The molecule has 4 aliphatic rings. The average Bonchev–Trinajstić information content (AvgIpc) is 3.73. The van der Waals surface area contributed by atoms with E-state index in [1.54, 1.807) is 28.7 Å². The van der Waals surface area contributed by atoms with Gasteiger partial charge in [-0.25, -0.2) is 29.9 Å².